The Kier molecular flexibility index (Phi) is 14.5. The lowest BCUT2D eigenvalue weighted by atomic mass is 9.65. The molecule has 76 heavy (non-hydrogen) atoms. The van der Waals surface area contributed by atoms with Gasteiger partial charge in [0.05, 0.1) is 55.0 Å². The van der Waals surface area contributed by atoms with Gasteiger partial charge >= 0.3 is 18.1 Å². The first-order valence-corrected chi connectivity index (χ1v) is 24.5. The van der Waals surface area contributed by atoms with Crippen LogP contribution < -0.4 is 30.9 Å². The summed E-state index contributed by atoms with van der Waals surface area (Å²) in [7, 11) is 0. The number of anilines is 3. The van der Waals surface area contributed by atoms with Gasteiger partial charge in [0.1, 0.15) is 36.5 Å². The fourth-order valence-electron chi connectivity index (χ4n) is 10.9. The summed E-state index contributed by atoms with van der Waals surface area (Å²) in [5.74, 6) is 1.84. The van der Waals surface area contributed by atoms with Crippen LogP contribution >= 0.6 is 0 Å². The van der Waals surface area contributed by atoms with Crippen LogP contribution in [0.5, 0.6) is 5.75 Å². The lowest BCUT2D eigenvalue weighted by molar-refractivity contribution is -0.384. The first-order chi connectivity index (χ1) is 37.0. The van der Waals surface area contributed by atoms with Crippen LogP contribution in [-0.2, 0) is 40.6 Å². The Morgan fingerprint density at radius 2 is 1.53 bits per heavy atom. The lowest BCUT2D eigenvalue weighted by Gasteiger charge is -2.46. The molecule has 19 nitrogen and oxygen atoms in total. The van der Waals surface area contributed by atoms with Crippen LogP contribution in [-0.4, -0.2) is 96.9 Å². The minimum atomic E-state index is -2.26. The monoisotopic (exact) mass is 1030 g/mol. The maximum atomic E-state index is 16.7. The standard InChI is InChI=1S/C57H51N7O12/c58-55(69)59-27-9-10-36-19-26-45-44(34-36)57(54(68)62(45)56(70)75-35-37-17-22-42(23-18-37)64(71)72)47(52(66)60-40-20-24-41(25-21-40)61-28-31-73-32-29-61)49-53(67)76-50(39-13-5-2-6-14-39)48(38-11-3-1-4-12-38)63(49)51(57)43-15-7-8-16-46(43)74-33-30-65/h1-8,11-26,34,47-51,65H,27-33,35H2,(H,60,66)(H3,58,59,69)/t47-,48-,49-,50+,51+,57-/m0/s1. The van der Waals surface area contributed by atoms with E-state index in [1.54, 1.807) is 48.5 Å². The highest BCUT2D eigenvalue weighted by Crippen LogP contribution is 2.67. The number of para-hydroxylation sites is 1. The van der Waals surface area contributed by atoms with Crippen LogP contribution in [0, 0.1) is 27.9 Å². The number of morpholine rings is 2. The number of imide groups is 1. The molecule has 19 heteroatoms. The maximum Gasteiger partial charge on any atom is 0.421 e. The normalized spacial score (nSPS) is 21.6. The summed E-state index contributed by atoms with van der Waals surface area (Å²) in [6.45, 7) is 1.30. The Morgan fingerprint density at radius 1 is 0.842 bits per heavy atom. The number of aliphatic hydroxyl groups excluding tert-OH is 1. The van der Waals surface area contributed by atoms with E-state index in [-0.39, 0.29) is 42.4 Å². The number of nitro benzene ring substituents is 1. The number of cyclic esters (lactones) is 1. The van der Waals surface area contributed by atoms with E-state index < -0.39 is 77.0 Å². The number of esters is 1. The molecule has 386 valence electrons. The second-order valence-corrected chi connectivity index (χ2v) is 18.4. The van der Waals surface area contributed by atoms with Crippen LogP contribution in [0.2, 0.25) is 0 Å². The molecule has 4 aliphatic rings. The molecule has 1 spiro atoms. The molecule has 3 saturated heterocycles. The number of nitrogens with zero attached hydrogens (tertiary/aromatic N) is 4. The van der Waals surface area contributed by atoms with Gasteiger partial charge in [-0.3, -0.25) is 29.4 Å². The highest BCUT2D eigenvalue weighted by Gasteiger charge is 2.76. The third kappa shape index (κ3) is 9.52. The van der Waals surface area contributed by atoms with Gasteiger partial charge in [0.25, 0.3) is 5.69 Å². The number of carbonyl (C=O) groups is 5. The second kappa shape index (κ2) is 21.8. The number of benzene rings is 6. The fourth-order valence-corrected chi connectivity index (χ4v) is 10.9. The molecule has 0 aliphatic carbocycles. The van der Waals surface area contributed by atoms with Crippen molar-refractivity contribution < 1.29 is 52.9 Å². The zero-order valence-corrected chi connectivity index (χ0v) is 40.8. The summed E-state index contributed by atoms with van der Waals surface area (Å²) < 4.78 is 24.4. The zero-order chi connectivity index (χ0) is 52.9. The number of aliphatic hydroxyl groups is 1. The van der Waals surface area contributed by atoms with Crippen molar-refractivity contribution in [3.63, 3.8) is 0 Å². The summed E-state index contributed by atoms with van der Waals surface area (Å²) in [4.78, 5) is 90.8. The average molecular weight is 1030 g/mol. The number of urea groups is 1. The van der Waals surface area contributed by atoms with Gasteiger partial charge in [0, 0.05) is 47.7 Å². The number of non-ortho nitro benzene ring substituents is 1. The SMILES string of the molecule is NC(=O)NCC#Cc1ccc2c(c1)[C@]1(C(=O)N2C(=O)OCc2ccc([N+](=O)[O-])cc2)[C@H](C(=O)Nc2ccc(N3CCOCC3)cc2)[C@H]2C(=O)O[C@H](c3ccccc3)[C@H](c3ccccc3)N2[C@@H]1c1ccccc1OCCO. The summed E-state index contributed by atoms with van der Waals surface area (Å²) in [5, 5.41) is 27.1. The minimum absolute atomic E-state index is 0.00927. The zero-order valence-electron chi connectivity index (χ0n) is 40.8. The van der Waals surface area contributed by atoms with E-state index in [2.05, 4.69) is 27.4 Å². The van der Waals surface area contributed by atoms with E-state index in [9.17, 15) is 24.8 Å². The van der Waals surface area contributed by atoms with Crippen LogP contribution in [0.1, 0.15) is 51.6 Å². The molecule has 6 aromatic carbocycles. The van der Waals surface area contributed by atoms with Gasteiger partial charge in [-0.2, -0.15) is 0 Å². The summed E-state index contributed by atoms with van der Waals surface area (Å²) in [6, 6.07) is 37.8. The maximum absolute atomic E-state index is 16.7. The molecule has 5 N–H and O–H groups in total. The first kappa shape index (κ1) is 50.4. The number of ether oxygens (including phenoxy) is 4. The van der Waals surface area contributed by atoms with Crippen molar-refractivity contribution in [3.8, 4) is 17.6 Å². The Labute approximate surface area is 436 Å². The van der Waals surface area contributed by atoms with E-state index in [1.807, 2.05) is 77.7 Å². The van der Waals surface area contributed by atoms with Gasteiger partial charge in [0.15, 0.2) is 0 Å². The Bertz CT molecular complexity index is 3240. The average Bonchev–Trinajstić information content (AvgIpc) is 4.10. The Balaban J connectivity index is 1.22. The van der Waals surface area contributed by atoms with Gasteiger partial charge in [0.2, 0.25) is 11.8 Å². The summed E-state index contributed by atoms with van der Waals surface area (Å²) >= 11 is 0. The van der Waals surface area contributed by atoms with Gasteiger partial charge in [-0.25, -0.2) is 14.5 Å². The van der Waals surface area contributed by atoms with Crippen LogP contribution in [0.4, 0.5) is 32.3 Å². The summed E-state index contributed by atoms with van der Waals surface area (Å²) in [5.41, 5.74) is 6.54. The van der Waals surface area contributed by atoms with E-state index in [0.29, 0.717) is 59.8 Å². The van der Waals surface area contributed by atoms with Crippen LogP contribution in [0.3, 0.4) is 0 Å². The van der Waals surface area contributed by atoms with Crippen LogP contribution in [0.15, 0.2) is 152 Å². The predicted octanol–water partition coefficient (Wildman–Crippen LogP) is 6.46. The van der Waals surface area contributed by atoms with E-state index in [4.69, 9.17) is 24.7 Å². The Morgan fingerprint density at radius 3 is 2.21 bits per heavy atom. The molecule has 0 saturated carbocycles. The van der Waals surface area contributed by atoms with Crippen LogP contribution in [0.25, 0.3) is 0 Å². The highest BCUT2D eigenvalue weighted by atomic mass is 16.6. The number of nitro groups is 1. The Hall–Kier alpha value is -9.09. The number of amides is 5. The molecular weight excluding hydrogens is 975 g/mol. The third-order valence-electron chi connectivity index (χ3n) is 14.1. The largest absolute Gasteiger partial charge is 0.491 e. The van der Waals surface area contributed by atoms with Gasteiger partial charge in [-0.15, -0.1) is 0 Å². The van der Waals surface area contributed by atoms with Gasteiger partial charge in [-0.05, 0) is 82.9 Å². The van der Waals surface area contributed by atoms with Crippen molar-refractivity contribution >= 4 is 52.7 Å². The van der Waals surface area contributed by atoms with Crippen molar-refractivity contribution in [1.29, 1.82) is 0 Å². The second-order valence-electron chi connectivity index (χ2n) is 18.4. The fraction of sp³-hybridized carbons (Fsp3) is 0.246. The smallest absolute Gasteiger partial charge is 0.421 e. The van der Waals surface area contributed by atoms with E-state index in [1.165, 1.54) is 30.3 Å². The van der Waals surface area contributed by atoms with E-state index >= 15 is 14.4 Å². The molecule has 0 radical (unpaired) electrons. The molecule has 5 amide bonds. The highest BCUT2D eigenvalue weighted by molar-refractivity contribution is 6.24. The van der Waals surface area contributed by atoms with Gasteiger partial charge in [-0.1, -0.05) is 90.7 Å². The molecule has 0 aromatic heterocycles. The van der Waals surface area contributed by atoms with Crippen molar-refractivity contribution in [2.75, 3.05) is 61.2 Å². The number of hydrogen-bond donors (Lipinski definition) is 4. The summed E-state index contributed by atoms with van der Waals surface area (Å²) in [6.07, 6.45) is -2.18. The van der Waals surface area contributed by atoms with Crippen molar-refractivity contribution in [1.82, 2.24) is 10.2 Å². The number of hydrogen-bond acceptors (Lipinski definition) is 14. The molecule has 3 fully saturated rings. The third-order valence-corrected chi connectivity index (χ3v) is 14.1. The number of primary amides is 1. The molecule has 4 aliphatic heterocycles. The first-order valence-electron chi connectivity index (χ1n) is 24.5. The number of nitrogens with one attached hydrogen (secondary N) is 2. The molecule has 0 unspecified atom stereocenters. The van der Waals surface area contributed by atoms with Gasteiger partial charge < -0.3 is 45.3 Å². The number of rotatable bonds is 13. The topological polar surface area (TPSA) is 245 Å². The quantitative estimate of drug-likeness (QED) is 0.0420. The lowest BCUT2D eigenvalue weighted by Crippen LogP contribution is -2.54. The number of fused-ring (bicyclic) bond motifs is 3. The minimum Gasteiger partial charge on any atom is -0.491 e. The molecule has 0 bridgehead atoms. The van der Waals surface area contributed by atoms with Crippen molar-refractivity contribution in [3.05, 3.63) is 195 Å². The molecule has 6 atom stereocenters. The number of nitrogens with two attached hydrogens (primary N) is 1. The molecule has 6 aromatic rings. The van der Waals surface area contributed by atoms with Crippen molar-refractivity contribution in [2.24, 2.45) is 11.7 Å². The molecule has 10 rings (SSSR count). The molecular formula is C57H51N7O12. The number of carbonyl (C=O) groups excluding carboxylic acids is 5. The van der Waals surface area contributed by atoms with Crippen molar-refractivity contribution in [2.45, 2.75) is 36.3 Å². The van der Waals surface area contributed by atoms with E-state index in [0.717, 1.165) is 10.6 Å². The molecule has 4 heterocycles. The predicted molar refractivity (Wildman–Crippen MR) is 277 cm³/mol.